The number of hydrogen-bond acceptors (Lipinski definition) is 6. The van der Waals surface area contributed by atoms with Gasteiger partial charge in [-0.25, -0.2) is 14.4 Å². The van der Waals surface area contributed by atoms with Gasteiger partial charge >= 0.3 is 17.8 Å². The van der Waals surface area contributed by atoms with Crippen molar-refractivity contribution in [3.8, 4) is 0 Å². The van der Waals surface area contributed by atoms with Crippen molar-refractivity contribution in [1.82, 2.24) is 19.8 Å². The first kappa shape index (κ1) is 22.9. The summed E-state index contributed by atoms with van der Waals surface area (Å²) < 4.78 is 6.06. The standard InChI is InChI=1S/C17H26N4O7/c1-10-8-20(15(26)19-13(10)23)9-12(22)21(11(2)14(24)25)7-6-18-16(27)28-17(3,4)5/h8,11H,6-7,9H2,1-5H3,(H,18,27)(H,24,25)(H,19,23,26). The molecule has 1 atom stereocenters. The molecule has 156 valence electrons. The van der Waals surface area contributed by atoms with Crippen molar-refractivity contribution in [2.75, 3.05) is 13.1 Å². The fourth-order valence-electron chi connectivity index (χ4n) is 2.23. The van der Waals surface area contributed by atoms with Crippen LogP contribution in [0.2, 0.25) is 0 Å². The maximum Gasteiger partial charge on any atom is 0.407 e. The van der Waals surface area contributed by atoms with E-state index in [1.165, 1.54) is 20.0 Å². The largest absolute Gasteiger partial charge is 0.480 e. The molecule has 0 saturated carbocycles. The molecule has 0 saturated heterocycles. The molecule has 3 N–H and O–H groups in total. The molecule has 0 fully saturated rings. The lowest BCUT2D eigenvalue weighted by atomic mass is 10.2. The van der Waals surface area contributed by atoms with Crippen molar-refractivity contribution in [2.45, 2.75) is 52.8 Å². The smallest absolute Gasteiger partial charge is 0.407 e. The van der Waals surface area contributed by atoms with Crippen LogP contribution in [-0.4, -0.2) is 62.3 Å². The molecule has 1 heterocycles. The van der Waals surface area contributed by atoms with Crippen molar-refractivity contribution in [1.29, 1.82) is 0 Å². The monoisotopic (exact) mass is 398 g/mol. The predicted octanol–water partition coefficient (Wildman–Crippen LogP) is -0.329. The van der Waals surface area contributed by atoms with E-state index in [1.807, 2.05) is 0 Å². The minimum atomic E-state index is -1.24. The molecule has 0 aliphatic carbocycles. The Hall–Kier alpha value is -3.11. The normalized spacial score (nSPS) is 12.2. The second-order valence-corrected chi connectivity index (χ2v) is 7.23. The van der Waals surface area contributed by atoms with E-state index < -0.39 is 47.4 Å². The Morgan fingerprint density at radius 1 is 1.32 bits per heavy atom. The van der Waals surface area contributed by atoms with E-state index in [9.17, 15) is 29.1 Å². The van der Waals surface area contributed by atoms with Crippen LogP contribution in [0, 0.1) is 6.92 Å². The Bertz CT molecular complexity index is 850. The van der Waals surface area contributed by atoms with Gasteiger partial charge in [0.25, 0.3) is 5.56 Å². The van der Waals surface area contributed by atoms with Gasteiger partial charge in [0.2, 0.25) is 5.91 Å². The van der Waals surface area contributed by atoms with E-state index in [4.69, 9.17) is 4.74 Å². The predicted molar refractivity (Wildman–Crippen MR) is 99.1 cm³/mol. The molecule has 1 unspecified atom stereocenters. The average Bonchev–Trinajstić information content (AvgIpc) is 2.54. The molecule has 1 aromatic heterocycles. The van der Waals surface area contributed by atoms with Gasteiger partial charge in [-0.05, 0) is 34.6 Å². The van der Waals surface area contributed by atoms with Crippen molar-refractivity contribution in [3.05, 3.63) is 32.6 Å². The van der Waals surface area contributed by atoms with E-state index in [-0.39, 0.29) is 18.7 Å². The number of hydrogen-bond donors (Lipinski definition) is 3. The van der Waals surface area contributed by atoms with Crippen LogP contribution in [0.25, 0.3) is 0 Å². The summed E-state index contributed by atoms with van der Waals surface area (Å²) in [6.45, 7) is 7.26. The number of nitrogens with one attached hydrogen (secondary N) is 2. The topological polar surface area (TPSA) is 151 Å². The molecule has 11 heteroatoms. The zero-order chi connectivity index (χ0) is 21.6. The van der Waals surface area contributed by atoms with Gasteiger partial charge in [0.05, 0.1) is 0 Å². The highest BCUT2D eigenvalue weighted by atomic mass is 16.6. The van der Waals surface area contributed by atoms with Crippen LogP contribution < -0.4 is 16.6 Å². The number of rotatable bonds is 7. The molecule has 11 nitrogen and oxygen atoms in total. The van der Waals surface area contributed by atoms with Crippen LogP contribution in [0.1, 0.15) is 33.3 Å². The molecular formula is C17H26N4O7. The highest BCUT2D eigenvalue weighted by molar-refractivity contribution is 5.83. The summed E-state index contributed by atoms with van der Waals surface area (Å²) >= 11 is 0. The third kappa shape index (κ3) is 6.89. The highest BCUT2D eigenvalue weighted by Crippen LogP contribution is 2.06. The number of nitrogens with zero attached hydrogens (tertiary/aromatic N) is 2. The maximum absolute atomic E-state index is 12.6. The number of carboxylic acid groups (broad SMARTS) is 1. The number of aromatic amines is 1. The number of alkyl carbamates (subject to hydrolysis) is 1. The second kappa shape index (κ2) is 9.20. The molecule has 2 amide bonds. The van der Waals surface area contributed by atoms with Crippen molar-refractivity contribution in [2.24, 2.45) is 0 Å². The first-order chi connectivity index (χ1) is 12.8. The summed E-state index contributed by atoms with van der Waals surface area (Å²) in [4.78, 5) is 61.9. The Kier molecular flexibility index (Phi) is 7.53. The number of ether oxygens (including phenoxy) is 1. The van der Waals surface area contributed by atoms with Crippen LogP contribution >= 0.6 is 0 Å². The summed E-state index contributed by atoms with van der Waals surface area (Å²) in [5, 5.41) is 11.7. The maximum atomic E-state index is 12.6. The zero-order valence-corrected chi connectivity index (χ0v) is 16.6. The lowest BCUT2D eigenvalue weighted by Crippen LogP contribution is -2.49. The van der Waals surface area contributed by atoms with Crippen LogP contribution in [0.3, 0.4) is 0 Å². The Morgan fingerprint density at radius 3 is 2.46 bits per heavy atom. The Balaban J connectivity index is 2.87. The van der Waals surface area contributed by atoms with E-state index in [1.54, 1.807) is 20.8 Å². The van der Waals surface area contributed by atoms with Gasteiger partial charge in [-0.1, -0.05) is 0 Å². The molecule has 0 spiro atoms. The lowest BCUT2D eigenvalue weighted by molar-refractivity contribution is -0.149. The Morgan fingerprint density at radius 2 is 1.93 bits per heavy atom. The van der Waals surface area contributed by atoms with Crippen LogP contribution in [-0.2, 0) is 20.9 Å². The molecular weight excluding hydrogens is 372 g/mol. The summed E-state index contributed by atoms with van der Waals surface area (Å²) in [6.07, 6.45) is 0.525. The number of aromatic nitrogens is 2. The molecule has 28 heavy (non-hydrogen) atoms. The van der Waals surface area contributed by atoms with E-state index in [0.717, 1.165) is 9.47 Å². The molecule has 0 aromatic carbocycles. The Labute approximate surface area is 161 Å². The minimum absolute atomic E-state index is 0.0438. The van der Waals surface area contributed by atoms with Crippen LogP contribution in [0.4, 0.5) is 4.79 Å². The van der Waals surface area contributed by atoms with Gasteiger partial charge in [0.1, 0.15) is 18.2 Å². The van der Waals surface area contributed by atoms with Gasteiger partial charge in [0, 0.05) is 24.8 Å². The number of carboxylic acids is 1. The summed E-state index contributed by atoms with van der Waals surface area (Å²) in [5.74, 6) is -1.90. The van der Waals surface area contributed by atoms with Gasteiger partial charge in [-0.3, -0.25) is 19.1 Å². The molecule has 0 bridgehead atoms. The third-order valence-corrected chi connectivity index (χ3v) is 3.66. The number of H-pyrrole nitrogens is 1. The summed E-state index contributed by atoms with van der Waals surface area (Å²) in [7, 11) is 0. The van der Waals surface area contributed by atoms with Gasteiger partial charge in [0.15, 0.2) is 0 Å². The van der Waals surface area contributed by atoms with Gasteiger partial charge in [-0.15, -0.1) is 0 Å². The summed E-state index contributed by atoms with van der Waals surface area (Å²) in [6, 6.07) is -1.19. The lowest BCUT2D eigenvalue weighted by Gasteiger charge is -2.27. The number of carbonyl (C=O) groups is 3. The molecule has 0 aliphatic rings. The first-order valence-electron chi connectivity index (χ1n) is 8.61. The average molecular weight is 398 g/mol. The van der Waals surface area contributed by atoms with Gasteiger partial charge in [-0.2, -0.15) is 0 Å². The van der Waals surface area contributed by atoms with Crippen LogP contribution in [0.5, 0.6) is 0 Å². The van der Waals surface area contributed by atoms with E-state index in [2.05, 4.69) is 10.3 Å². The van der Waals surface area contributed by atoms with Crippen molar-refractivity contribution in [3.63, 3.8) is 0 Å². The van der Waals surface area contributed by atoms with Crippen LogP contribution in [0.15, 0.2) is 15.8 Å². The SMILES string of the molecule is Cc1cn(CC(=O)N(CCNC(=O)OC(C)(C)C)C(C)C(=O)O)c(=O)[nH]c1=O. The fraction of sp³-hybridized carbons (Fsp3) is 0.588. The quantitative estimate of drug-likeness (QED) is 0.569. The highest BCUT2D eigenvalue weighted by Gasteiger charge is 2.26. The molecule has 1 aromatic rings. The number of amides is 2. The third-order valence-electron chi connectivity index (χ3n) is 3.66. The second-order valence-electron chi connectivity index (χ2n) is 7.23. The number of aliphatic carboxylic acids is 1. The molecule has 0 radical (unpaired) electrons. The molecule has 1 rings (SSSR count). The zero-order valence-electron chi connectivity index (χ0n) is 16.6. The van der Waals surface area contributed by atoms with Gasteiger partial charge < -0.3 is 20.1 Å². The number of carbonyl (C=O) groups excluding carboxylic acids is 2. The number of aryl methyl sites for hydroxylation is 1. The van der Waals surface area contributed by atoms with E-state index >= 15 is 0 Å². The minimum Gasteiger partial charge on any atom is -0.480 e. The summed E-state index contributed by atoms with van der Waals surface area (Å²) in [5.41, 5.74) is -1.81. The molecule has 0 aliphatic heterocycles. The van der Waals surface area contributed by atoms with Crippen molar-refractivity contribution >= 4 is 18.0 Å². The first-order valence-corrected chi connectivity index (χ1v) is 8.61. The van der Waals surface area contributed by atoms with E-state index in [0.29, 0.717) is 0 Å². The van der Waals surface area contributed by atoms with Crippen molar-refractivity contribution < 1.29 is 24.2 Å². The fourth-order valence-corrected chi connectivity index (χ4v) is 2.23.